The summed E-state index contributed by atoms with van der Waals surface area (Å²) in [5.41, 5.74) is 0. The van der Waals surface area contributed by atoms with Gasteiger partial charge >= 0.3 is 0 Å². The van der Waals surface area contributed by atoms with Gasteiger partial charge in [0.2, 0.25) is 10.0 Å². The molecule has 2 fully saturated rings. The van der Waals surface area contributed by atoms with Crippen LogP contribution in [0, 0.1) is 5.92 Å². The summed E-state index contributed by atoms with van der Waals surface area (Å²) in [6.07, 6.45) is 4.55. The first-order chi connectivity index (χ1) is 7.13. The van der Waals surface area contributed by atoms with Crippen molar-refractivity contribution in [2.75, 3.05) is 25.9 Å². The molecule has 0 aromatic carbocycles. The fraction of sp³-hybridized carbons (Fsp3) is 1.00. The first kappa shape index (κ1) is 11.4. The fourth-order valence-electron chi connectivity index (χ4n) is 1.76. The van der Waals surface area contributed by atoms with Crippen LogP contribution in [-0.2, 0) is 10.0 Å². The quantitative estimate of drug-likeness (QED) is 0.691. The van der Waals surface area contributed by atoms with Crippen LogP contribution in [0.5, 0.6) is 0 Å². The van der Waals surface area contributed by atoms with E-state index in [0.717, 1.165) is 19.4 Å². The van der Waals surface area contributed by atoms with E-state index in [1.165, 1.54) is 12.8 Å². The second kappa shape index (κ2) is 4.39. The van der Waals surface area contributed by atoms with Crippen molar-refractivity contribution in [2.45, 2.75) is 31.7 Å². The first-order valence-electron chi connectivity index (χ1n) is 5.77. The fourth-order valence-corrected chi connectivity index (χ4v) is 3.56. The number of nitrogens with one attached hydrogen (secondary N) is 1. The Balaban J connectivity index is 1.94. The van der Waals surface area contributed by atoms with Crippen LogP contribution in [-0.4, -0.2) is 44.7 Å². The maximum Gasteiger partial charge on any atom is 0.215 e. The number of hydrogen-bond acceptors (Lipinski definition) is 3. The van der Waals surface area contributed by atoms with Crippen molar-refractivity contribution < 1.29 is 8.42 Å². The highest BCUT2D eigenvalue weighted by Crippen LogP contribution is 2.36. The highest BCUT2D eigenvalue weighted by Gasteiger charge is 2.39. The lowest BCUT2D eigenvalue weighted by molar-refractivity contribution is 0.388. The Morgan fingerprint density at radius 1 is 1.27 bits per heavy atom. The molecule has 15 heavy (non-hydrogen) atoms. The van der Waals surface area contributed by atoms with Crippen LogP contribution < -0.4 is 5.32 Å². The molecule has 0 spiro atoms. The Morgan fingerprint density at radius 2 is 1.93 bits per heavy atom. The molecule has 0 radical (unpaired) electrons. The summed E-state index contributed by atoms with van der Waals surface area (Å²) in [6, 6.07) is 0.326. The standard InChI is InChI=1S/C10H20N2O2S/c1-11-6-7-15(13,14)12(10-4-5-10)8-9-2-3-9/h9-11H,2-8H2,1H3. The van der Waals surface area contributed by atoms with Gasteiger partial charge in [-0.3, -0.25) is 0 Å². The highest BCUT2D eigenvalue weighted by molar-refractivity contribution is 7.89. The lowest BCUT2D eigenvalue weighted by atomic mass is 10.4. The molecule has 2 saturated carbocycles. The van der Waals surface area contributed by atoms with Crippen molar-refractivity contribution in [3.8, 4) is 0 Å². The molecule has 88 valence electrons. The van der Waals surface area contributed by atoms with Gasteiger partial charge < -0.3 is 5.32 Å². The molecule has 0 atom stereocenters. The molecule has 0 aromatic rings. The number of sulfonamides is 1. The summed E-state index contributed by atoms with van der Waals surface area (Å²) in [7, 11) is -1.22. The second-order valence-corrected chi connectivity index (χ2v) is 6.70. The maximum atomic E-state index is 12.0. The summed E-state index contributed by atoms with van der Waals surface area (Å²) < 4.78 is 25.8. The van der Waals surface area contributed by atoms with Gasteiger partial charge in [-0.25, -0.2) is 8.42 Å². The third-order valence-corrected chi connectivity index (χ3v) is 4.94. The highest BCUT2D eigenvalue weighted by atomic mass is 32.2. The van der Waals surface area contributed by atoms with E-state index in [9.17, 15) is 8.42 Å². The summed E-state index contributed by atoms with van der Waals surface area (Å²) in [4.78, 5) is 0. The van der Waals surface area contributed by atoms with Gasteiger partial charge in [0, 0.05) is 19.1 Å². The van der Waals surface area contributed by atoms with E-state index in [1.807, 2.05) is 0 Å². The van der Waals surface area contributed by atoms with Gasteiger partial charge in [-0.05, 0) is 38.6 Å². The molecule has 5 heteroatoms. The smallest absolute Gasteiger partial charge is 0.215 e. The first-order valence-corrected chi connectivity index (χ1v) is 7.38. The second-order valence-electron chi connectivity index (χ2n) is 4.66. The number of hydrogen-bond donors (Lipinski definition) is 1. The van der Waals surface area contributed by atoms with Crippen molar-refractivity contribution >= 4 is 10.0 Å². The molecule has 0 amide bonds. The Labute approximate surface area is 92.1 Å². The normalized spacial score (nSPS) is 22.3. The average Bonchev–Trinajstić information content (AvgIpc) is 3.00. The monoisotopic (exact) mass is 232 g/mol. The van der Waals surface area contributed by atoms with Gasteiger partial charge in [0.1, 0.15) is 0 Å². The van der Waals surface area contributed by atoms with Crippen LogP contribution in [0.4, 0.5) is 0 Å². The van der Waals surface area contributed by atoms with Crippen molar-refractivity contribution in [3.63, 3.8) is 0 Å². The van der Waals surface area contributed by atoms with Crippen LogP contribution in [0.3, 0.4) is 0 Å². The maximum absolute atomic E-state index is 12.0. The summed E-state index contributed by atoms with van der Waals surface area (Å²) in [5, 5.41) is 2.90. The Kier molecular flexibility index (Phi) is 3.33. The molecule has 0 bridgehead atoms. The SMILES string of the molecule is CNCCS(=O)(=O)N(CC1CC1)C1CC1. The molecule has 0 heterocycles. The van der Waals surface area contributed by atoms with Crippen molar-refractivity contribution in [3.05, 3.63) is 0 Å². The van der Waals surface area contributed by atoms with Crippen molar-refractivity contribution in [1.29, 1.82) is 0 Å². The number of nitrogens with zero attached hydrogens (tertiary/aromatic N) is 1. The minimum Gasteiger partial charge on any atom is -0.319 e. The van der Waals surface area contributed by atoms with Crippen LogP contribution in [0.15, 0.2) is 0 Å². The predicted molar refractivity (Wildman–Crippen MR) is 60.2 cm³/mol. The van der Waals surface area contributed by atoms with Crippen LogP contribution >= 0.6 is 0 Å². The van der Waals surface area contributed by atoms with Gasteiger partial charge in [0.25, 0.3) is 0 Å². The van der Waals surface area contributed by atoms with Crippen LogP contribution in [0.1, 0.15) is 25.7 Å². The zero-order chi connectivity index (χ0) is 10.9. The molecule has 0 aromatic heterocycles. The minimum atomic E-state index is -3.01. The molecule has 0 aliphatic heterocycles. The minimum absolute atomic E-state index is 0.243. The molecule has 0 saturated heterocycles. The van der Waals surface area contributed by atoms with E-state index in [-0.39, 0.29) is 5.75 Å². The molecule has 2 aliphatic carbocycles. The van der Waals surface area contributed by atoms with Crippen molar-refractivity contribution in [1.82, 2.24) is 9.62 Å². The molecule has 1 N–H and O–H groups in total. The van der Waals surface area contributed by atoms with Gasteiger partial charge in [-0.15, -0.1) is 0 Å². The molecular weight excluding hydrogens is 212 g/mol. The van der Waals surface area contributed by atoms with Gasteiger partial charge in [-0.2, -0.15) is 4.31 Å². The third-order valence-electron chi connectivity index (χ3n) is 3.06. The lowest BCUT2D eigenvalue weighted by Crippen LogP contribution is -2.38. The van der Waals surface area contributed by atoms with Crippen LogP contribution in [0.2, 0.25) is 0 Å². The zero-order valence-electron chi connectivity index (χ0n) is 9.28. The average molecular weight is 232 g/mol. The van der Waals surface area contributed by atoms with Crippen molar-refractivity contribution in [2.24, 2.45) is 5.92 Å². The van der Waals surface area contributed by atoms with E-state index in [4.69, 9.17) is 0 Å². The molecular formula is C10H20N2O2S. The van der Waals surface area contributed by atoms with E-state index in [2.05, 4.69) is 5.32 Å². The van der Waals surface area contributed by atoms with Gasteiger partial charge in [-0.1, -0.05) is 0 Å². The zero-order valence-corrected chi connectivity index (χ0v) is 10.1. The molecule has 0 unspecified atom stereocenters. The summed E-state index contributed by atoms with van der Waals surface area (Å²) in [5.74, 6) is 0.891. The Morgan fingerprint density at radius 3 is 2.40 bits per heavy atom. The third kappa shape index (κ3) is 3.16. The lowest BCUT2D eigenvalue weighted by Gasteiger charge is -2.21. The molecule has 2 aliphatic rings. The largest absolute Gasteiger partial charge is 0.319 e. The van der Waals surface area contributed by atoms with Gasteiger partial charge in [0.15, 0.2) is 0 Å². The topological polar surface area (TPSA) is 49.4 Å². The molecule has 4 nitrogen and oxygen atoms in total. The van der Waals surface area contributed by atoms with E-state index in [0.29, 0.717) is 18.5 Å². The summed E-state index contributed by atoms with van der Waals surface area (Å²) in [6.45, 7) is 1.33. The summed E-state index contributed by atoms with van der Waals surface area (Å²) >= 11 is 0. The van der Waals surface area contributed by atoms with E-state index in [1.54, 1.807) is 11.4 Å². The Hall–Kier alpha value is -0.130. The molecule has 2 rings (SSSR count). The van der Waals surface area contributed by atoms with Crippen LogP contribution in [0.25, 0.3) is 0 Å². The van der Waals surface area contributed by atoms with E-state index < -0.39 is 10.0 Å². The predicted octanol–water partition coefficient (Wildman–Crippen LogP) is 0.410. The number of rotatable bonds is 7. The van der Waals surface area contributed by atoms with Gasteiger partial charge in [0.05, 0.1) is 5.75 Å². The Bertz CT molecular complexity index is 307. The van der Waals surface area contributed by atoms with E-state index >= 15 is 0 Å².